The van der Waals surface area contributed by atoms with E-state index < -0.39 is 0 Å². The van der Waals surface area contributed by atoms with Gasteiger partial charge < -0.3 is 9.32 Å². The van der Waals surface area contributed by atoms with Gasteiger partial charge in [0.1, 0.15) is 5.58 Å². The van der Waals surface area contributed by atoms with Gasteiger partial charge in [-0.15, -0.1) is 0 Å². The second kappa shape index (κ2) is 6.32. The Labute approximate surface area is 158 Å². The Bertz CT molecular complexity index is 1120. The third-order valence-corrected chi connectivity index (χ3v) is 5.65. The number of aromatic nitrogens is 2. The van der Waals surface area contributed by atoms with Gasteiger partial charge in [0.2, 0.25) is 0 Å². The van der Waals surface area contributed by atoms with Gasteiger partial charge in [0.15, 0.2) is 0 Å². The van der Waals surface area contributed by atoms with Crippen LogP contribution in [-0.4, -0.2) is 28.5 Å². The van der Waals surface area contributed by atoms with Gasteiger partial charge in [0, 0.05) is 42.4 Å². The van der Waals surface area contributed by atoms with Crippen molar-refractivity contribution in [2.24, 2.45) is 0 Å². The molecule has 0 aliphatic carbocycles. The van der Waals surface area contributed by atoms with Crippen LogP contribution in [0.3, 0.4) is 0 Å². The molecule has 1 atom stereocenters. The first kappa shape index (κ1) is 16.2. The van der Waals surface area contributed by atoms with E-state index in [1.54, 1.807) is 18.7 Å². The summed E-state index contributed by atoms with van der Waals surface area (Å²) in [4.78, 5) is 11.1. The van der Waals surface area contributed by atoms with Gasteiger partial charge in [0.25, 0.3) is 0 Å². The van der Waals surface area contributed by atoms with E-state index >= 15 is 0 Å². The summed E-state index contributed by atoms with van der Waals surface area (Å²) in [5.41, 5.74) is 8.45. The van der Waals surface area contributed by atoms with Crippen LogP contribution in [-0.2, 0) is 6.54 Å². The first-order valence-electron chi connectivity index (χ1n) is 9.25. The summed E-state index contributed by atoms with van der Waals surface area (Å²) in [6, 6.07) is 13.1. The molecule has 4 heteroatoms. The molecule has 1 aliphatic heterocycles. The summed E-state index contributed by atoms with van der Waals surface area (Å²) in [6.45, 7) is 4.16. The second-order valence-corrected chi connectivity index (χ2v) is 7.36. The fourth-order valence-corrected chi connectivity index (χ4v) is 4.25. The molecule has 0 amide bonds. The van der Waals surface area contributed by atoms with Crippen molar-refractivity contribution in [3.05, 3.63) is 83.5 Å². The lowest BCUT2D eigenvalue weighted by atomic mass is 9.81. The molecule has 2 aromatic carbocycles. The van der Waals surface area contributed by atoms with Crippen molar-refractivity contribution in [3.8, 4) is 11.3 Å². The Morgan fingerprint density at radius 3 is 2.89 bits per heavy atom. The SMILES string of the molecule is Cc1c(-c2cnccn2)ccc2c1CN(C)CC2c1ccc2ccoc2c1. The maximum atomic E-state index is 5.64. The molecule has 0 saturated heterocycles. The maximum Gasteiger partial charge on any atom is 0.134 e. The Morgan fingerprint density at radius 1 is 1.11 bits per heavy atom. The molecule has 0 bridgehead atoms. The number of hydrogen-bond acceptors (Lipinski definition) is 4. The van der Waals surface area contributed by atoms with E-state index in [0.29, 0.717) is 5.92 Å². The highest BCUT2D eigenvalue weighted by Crippen LogP contribution is 2.38. The highest BCUT2D eigenvalue weighted by atomic mass is 16.3. The van der Waals surface area contributed by atoms with E-state index in [2.05, 4.69) is 59.2 Å². The van der Waals surface area contributed by atoms with Crippen LogP contribution in [0.1, 0.15) is 28.2 Å². The van der Waals surface area contributed by atoms with Crippen molar-refractivity contribution < 1.29 is 4.42 Å². The van der Waals surface area contributed by atoms with Crippen molar-refractivity contribution in [1.29, 1.82) is 0 Å². The molecule has 134 valence electrons. The number of rotatable bonds is 2. The molecular formula is C23H21N3O. The number of benzene rings is 2. The Morgan fingerprint density at radius 2 is 2.04 bits per heavy atom. The van der Waals surface area contributed by atoms with Crippen molar-refractivity contribution in [2.45, 2.75) is 19.4 Å². The predicted octanol–water partition coefficient (Wildman–Crippen LogP) is 4.78. The van der Waals surface area contributed by atoms with Gasteiger partial charge in [-0.1, -0.05) is 24.3 Å². The minimum atomic E-state index is 0.336. The van der Waals surface area contributed by atoms with Crippen LogP contribution in [0.4, 0.5) is 0 Å². The van der Waals surface area contributed by atoms with Crippen molar-refractivity contribution >= 4 is 11.0 Å². The fourth-order valence-electron chi connectivity index (χ4n) is 4.25. The van der Waals surface area contributed by atoms with E-state index in [0.717, 1.165) is 35.3 Å². The highest BCUT2D eigenvalue weighted by molar-refractivity contribution is 5.78. The molecule has 0 spiro atoms. The van der Waals surface area contributed by atoms with E-state index in [1.165, 1.54) is 22.3 Å². The first-order chi connectivity index (χ1) is 13.2. The number of nitrogens with zero attached hydrogens (tertiary/aromatic N) is 3. The second-order valence-electron chi connectivity index (χ2n) is 7.36. The van der Waals surface area contributed by atoms with Crippen molar-refractivity contribution in [1.82, 2.24) is 14.9 Å². The highest BCUT2D eigenvalue weighted by Gasteiger charge is 2.27. The average molecular weight is 355 g/mol. The van der Waals surface area contributed by atoms with Gasteiger partial charge in [-0.3, -0.25) is 9.97 Å². The molecule has 0 radical (unpaired) electrons. The Hall–Kier alpha value is -2.98. The molecule has 0 fully saturated rings. The molecule has 1 aliphatic rings. The topological polar surface area (TPSA) is 42.2 Å². The molecule has 2 aromatic heterocycles. The first-order valence-corrected chi connectivity index (χ1v) is 9.25. The number of likely N-dealkylation sites (N-methyl/N-ethyl adjacent to an activating group) is 1. The van der Waals surface area contributed by atoms with E-state index in [1.807, 2.05) is 12.3 Å². The van der Waals surface area contributed by atoms with E-state index in [4.69, 9.17) is 4.42 Å². The van der Waals surface area contributed by atoms with Crippen LogP contribution in [0, 0.1) is 6.92 Å². The quantitative estimate of drug-likeness (QED) is 0.519. The third kappa shape index (κ3) is 2.73. The van der Waals surface area contributed by atoms with Crippen LogP contribution in [0.5, 0.6) is 0 Å². The Kier molecular flexibility index (Phi) is 3.80. The lowest BCUT2D eigenvalue weighted by molar-refractivity contribution is 0.294. The maximum absolute atomic E-state index is 5.64. The summed E-state index contributed by atoms with van der Waals surface area (Å²) < 4.78 is 5.64. The van der Waals surface area contributed by atoms with Gasteiger partial charge in [-0.05, 0) is 48.4 Å². The van der Waals surface area contributed by atoms with Gasteiger partial charge >= 0.3 is 0 Å². The molecule has 5 rings (SSSR count). The molecule has 0 N–H and O–H groups in total. The average Bonchev–Trinajstić information content (AvgIpc) is 3.17. The summed E-state index contributed by atoms with van der Waals surface area (Å²) in [5, 5.41) is 1.15. The zero-order valence-electron chi connectivity index (χ0n) is 15.5. The molecule has 4 nitrogen and oxygen atoms in total. The smallest absolute Gasteiger partial charge is 0.134 e. The molecule has 3 heterocycles. The molecule has 27 heavy (non-hydrogen) atoms. The monoisotopic (exact) mass is 355 g/mol. The minimum Gasteiger partial charge on any atom is -0.464 e. The lowest BCUT2D eigenvalue weighted by Gasteiger charge is -2.34. The summed E-state index contributed by atoms with van der Waals surface area (Å²) >= 11 is 0. The Balaban J connectivity index is 1.64. The predicted molar refractivity (Wildman–Crippen MR) is 107 cm³/mol. The number of hydrogen-bond donors (Lipinski definition) is 0. The summed E-state index contributed by atoms with van der Waals surface area (Å²) in [6.07, 6.45) is 7.06. The van der Waals surface area contributed by atoms with E-state index in [9.17, 15) is 0 Å². The molecule has 1 unspecified atom stereocenters. The van der Waals surface area contributed by atoms with Crippen LogP contribution in [0.15, 0.2) is 65.7 Å². The standard InChI is InChI=1S/C23H21N3O/c1-15-18(22-12-24-8-9-25-22)5-6-19-20(15)13-26(2)14-21(19)17-4-3-16-7-10-27-23(16)11-17/h3-12,21H,13-14H2,1-2H3. The van der Waals surface area contributed by atoms with Gasteiger partial charge in [-0.25, -0.2) is 0 Å². The molecule has 4 aromatic rings. The summed E-state index contributed by atoms with van der Waals surface area (Å²) in [5.74, 6) is 0.336. The van der Waals surface area contributed by atoms with Crippen LogP contribution >= 0.6 is 0 Å². The number of furan rings is 1. The van der Waals surface area contributed by atoms with E-state index in [-0.39, 0.29) is 0 Å². The summed E-state index contributed by atoms with van der Waals surface area (Å²) in [7, 11) is 2.19. The van der Waals surface area contributed by atoms with Gasteiger partial charge in [-0.2, -0.15) is 0 Å². The minimum absolute atomic E-state index is 0.336. The van der Waals surface area contributed by atoms with Crippen LogP contribution in [0.2, 0.25) is 0 Å². The largest absolute Gasteiger partial charge is 0.464 e. The lowest BCUT2D eigenvalue weighted by Crippen LogP contribution is -2.31. The van der Waals surface area contributed by atoms with Crippen molar-refractivity contribution in [3.63, 3.8) is 0 Å². The van der Waals surface area contributed by atoms with Gasteiger partial charge in [0.05, 0.1) is 18.2 Å². The van der Waals surface area contributed by atoms with Crippen molar-refractivity contribution in [2.75, 3.05) is 13.6 Å². The van der Waals surface area contributed by atoms with Crippen LogP contribution < -0.4 is 0 Å². The van der Waals surface area contributed by atoms with Crippen LogP contribution in [0.25, 0.3) is 22.2 Å². The zero-order chi connectivity index (χ0) is 18.4. The number of fused-ring (bicyclic) bond motifs is 2. The fraction of sp³-hybridized carbons (Fsp3) is 0.217. The molecule has 0 saturated carbocycles. The normalized spacial score (nSPS) is 17.2. The zero-order valence-corrected chi connectivity index (χ0v) is 15.5. The molecular weight excluding hydrogens is 334 g/mol. The third-order valence-electron chi connectivity index (χ3n) is 5.65.